The fourth-order valence-electron chi connectivity index (χ4n) is 2.15. The number of carbonyl (C=O) groups excluding carboxylic acids is 1. The molecule has 4 nitrogen and oxygen atoms in total. The number of nitrogens with two attached hydrogens (primary N) is 1. The fourth-order valence-corrected chi connectivity index (χ4v) is 2.51. The minimum atomic E-state index is -0.935. The SMILES string of the molecule is Cl.N[C@@H](C(=O)N1CCCC1)[C@@H](O)c1ccc(I)cc1. The van der Waals surface area contributed by atoms with Gasteiger partial charge in [0.1, 0.15) is 12.1 Å². The Morgan fingerprint density at radius 1 is 1.26 bits per heavy atom. The largest absolute Gasteiger partial charge is 0.386 e. The number of halogens is 2. The second-order valence-electron chi connectivity index (χ2n) is 4.55. The quantitative estimate of drug-likeness (QED) is 0.764. The van der Waals surface area contributed by atoms with Gasteiger partial charge in [0.25, 0.3) is 0 Å². The predicted octanol–water partition coefficient (Wildman–Crippen LogP) is 1.70. The van der Waals surface area contributed by atoms with E-state index in [1.165, 1.54) is 0 Å². The van der Waals surface area contributed by atoms with Crippen molar-refractivity contribution in [2.75, 3.05) is 13.1 Å². The number of nitrogens with zero attached hydrogens (tertiary/aromatic N) is 1. The summed E-state index contributed by atoms with van der Waals surface area (Å²) in [5.41, 5.74) is 6.56. The van der Waals surface area contributed by atoms with Gasteiger partial charge in [-0.3, -0.25) is 4.79 Å². The van der Waals surface area contributed by atoms with Crippen molar-refractivity contribution in [3.63, 3.8) is 0 Å². The molecule has 0 saturated carbocycles. The summed E-state index contributed by atoms with van der Waals surface area (Å²) in [7, 11) is 0. The van der Waals surface area contributed by atoms with E-state index in [0.29, 0.717) is 5.56 Å². The summed E-state index contributed by atoms with van der Waals surface area (Å²) in [5.74, 6) is -0.154. The van der Waals surface area contributed by atoms with Crippen molar-refractivity contribution in [3.05, 3.63) is 33.4 Å². The molecule has 6 heteroatoms. The van der Waals surface area contributed by atoms with Gasteiger partial charge in [-0.25, -0.2) is 0 Å². The molecule has 0 spiro atoms. The fraction of sp³-hybridized carbons (Fsp3) is 0.462. The van der Waals surface area contributed by atoms with Crippen LogP contribution in [0.4, 0.5) is 0 Å². The summed E-state index contributed by atoms with van der Waals surface area (Å²) in [6.45, 7) is 1.51. The molecule has 1 amide bonds. The molecule has 1 saturated heterocycles. The van der Waals surface area contributed by atoms with Gasteiger partial charge < -0.3 is 15.7 Å². The molecule has 2 rings (SSSR count). The van der Waals surface area contributed by atoms with E-state index in [0.717, 1.165) is 29.5 Å². The van der Waals surface area contributed by atoms with Gasteiger partial charge in [-0.15, -0.1) is 12.4 Å². The zero-order chi connectivity index (χ0) is 13.1. The average Bonchev–Trinajstić information content (AvgIpc) is 2.91. The van der Waals surface area contributed by atoms with Crippen LogP contribution in [0.25, 0.3) is 0 Å². The highest BCUT2D eigenvalue weighted by Gasteiger charge is 2.29. The number of hydrogen-bond acceptors (Lipinski definition) is 3. The van der Waals surface area contributed by atoms with Gasteiger partial charge in [-0.1, -0.05) is 12.1 Å². The van der Waals surface area contributed by atoms with Crippen molar-refractivity contribution < 1.29 is 9.90 Å². The zero-order valence-corrected chi connectivity index (χ0v) is 13.4. The van der Waals surface area contributed by atoms with Crippen LogP contribution in [0.15, 0.2) is 24.3 Å². The molecular formula is C13H18ClIN2O2. The van der Waals surface area contributed by atoms with Gasteiger partial charge in [-0.2, -0.15) is 0 Å². The molecule has 3 N–H and O–H groups in total. The Morgan fingerprint density at radius 3 is 2.32 bits per heavy atom. The number of hydrogen-bond donors (Lipinski definition) is 2. The lowest BCUT2D eigenvalue weighted by atomic mass is 10.0. The highest BCUT2D eigenvalue weighted by Crippen LogP contribution is 2.20. The van der Waals surface area contributed by atoms with Crippen LogP contribution in [-0.2, 0) is 4.79 Å². The highest BCUT2D eigenvalue weighted by atomic mass is 127. The van der Waals surface area contributed by atoms with Crippen LogP contribution in [-0.4, -0.2) is 35.0 Å². The van der Waals surface area contributed by atoms with Gasteiger partial charge in [0.15, 0.2) is 0 Å². The third-order valence-electron chi connectivity index (χ3n) is 3.25. The number of likely N-dealkylation sites (tertiary alicyclic amines) is 1. The van der Waals surface area contributed by atoms with Gasteiger partial charge in [-0.05, 0) is 53.1 Å². The molecule has 0 bridgehead atoms. The van der Waals surface area contributed by atoms with E-state index in [9.17, 15) is 9.90 Å². The van der Waals surface area contributed by atoms with Crippen LogP contribution in [0.1, 0.15) is 24.5 Å². The summed E-state index contributed by atoms with van der Waals surface area (Å²) in [5, 5.41) is 10.1. The van der Waals surface area contributed by atoms with Gasteiger partial charge in [0, 0.05) is 16.7 Å². The Labute approximate surface area is 132 Å². The molecule has 1 aliphatic heterocycles. The van der Waals surface area contributed by atoms with Crippen molar-refractivity contribution in [2.24, 2.45) is 5.73 Å². The summed E-state index contributed by atoms with van der Waals surface area (Å²) in [6, 6.07) is 6.54. The highest BCUT2D eigenvalue weighted by molar-refractivity contribution is 14.1. The molecular weight excluding hydrogens is 379 g/mol. The Hall–Kier alpha value is -0.370. The third-order valence-corrected chi connectivity index (χ3v) is 3.97. The number of benzene rings is 1. The number of amides is 1. The maximum atomic E-state index is 12.1. The van der Waals surface area contributed by atoms with Crippen molar-refractivity contribution in [1.29, 1.82) is 0 Å². The van der Waals surface area contributed by atoms with Crippen molar-refractivity contribution >= 4 is 40.9 Å². The lowest BCUT2D eigenvalue weighted by Crippen LogP contribution is -2.45. The molecule has 0 radical (unpaired) electrons. The number of aliphatic hydroxyl groups excluding tert-OH is 1. The first-order valence-corrected chi connectivity index (χ1v) is 7.15. The molecule has 2 atom stereocenters. The first kappa shape index (κ1) is 16.7. The smallest absolute Gasteiger partial charge is 0.242 e. The molecule has 0 aliphatic carbocycles. The lowest BCUT2D eigenvalue weighted by Gasteiger charge is -2.24. The third kappa shape index (κ3) is 4.05. The topological polar surface area (TPSA) is 66.6 Å². The second kappa shape index (κ2) is 7.42. The number of rotatable bonds is 3. The summed E-state index contributed by atoms with van der Waals surface area (Å²) in [6.07, 6.45) is 1.12. The van der Waals surface area contributed by atoms with Gasteiger partial charge in [0.05, 0.1) is 0 Å². The van der Waals surface area contributed by atoms with Crippen molar-refractivity contribution in [1.82, 2.24) is 4.90 Å². The predicted molar refractivity (Wildman–Crippen MR) is 85.2 cm³/mol. The monoisotopic (exact) mass is 396 g/mol. The van der Waals surface area contributed by atoms with Crippen LogP contribution < -0.4 is 5.73 Å². The molecule has 0 unspecified atom stereocenters. The first-order valence-electron chi connectivity index (χ1n) is 6.07. The Bertz CT molecular complexity index is 421. The Kier molecular flexibility index (Phi) is 6.52. The molecule has 106 valence electrons. The van der Waals surface area contributed by atoms with E-state index >= 15 is 0 Å². The molecule has 0 aromatic heterocycles. The number of aliphatic hydroxyl groups is 1. The van der Waals surface area contributed by atoms with Crippen LogP contribution >= 0.6 is 35.0 Å². The van der Waals surface area contributed by atoms with E-state index in [2.05, 4.69) is 22.6 Å². The summed E-state index contributed by atoms with van der Waals surface area (Å²) in [4.78, 5) is 13.8. The molecule has 1 aromatic rings. The normalized spacial score (nSPS) is 17.7. The summed E-state index contributed by atoms with van der Waals surface area (Å²) >= 11 is 2.19. The van der Waals surface area contributed by atoms with E-state index in [1.807, 2.05) is 24.3 Å². The molecule has 1 fully saturated rings. The lowest BCUT2D eigenvalue weighted by molar-refractivity contribution is -0.134. The maximum Gasteiger partial charge on any atom is 0.242 e. The molecule has 1 aliphatic rings. The zero-order valence-electron chi connectivity index (χ0n) is 10.5. The first-order chi connectivity index (χ1) is 8.59. The van der Waals surface area contributed by atoms with E-state index < -0.39 is 12.1 Å². The minimum Gasteiger partial charge on any atom is -0.386 e. The van der Waals surface area contributed by atoms with Crippen LogP contribution in [0.2, 0.25) is 0 Å². The second-order valence-corrected chi connectivity index (χ2v) is 5.80. The Balaban J connectivity index is 0.00000180. The van der Waals surface area contributed by atoms with Crippen molar-refractivity contribution in [2.45, 2.75) is 25.0 Å². The molecule has 1 aromatic carbocycles. The van der Waals surface area contributed by atoms with Crippen LogP contribution in [0.5, 0.6) is 0 Å². The van der Waals surface area contributed by atoms with E-state index in [4.69, 9.17) is 5.73 Å². The standard InChI is InChI=1S/C13H17IN2O2.ClH/c14-10-5-3-9(4-6-10)12(17)11(15)13(18)16-7-1-2-8-16;/h3-6,11-12,17H,1-2,7-8,15H2;1H/t11-,12+;/m1./s1. The van der Waals surface area contributed by atoms with Crippen molar-refractivity contribution in [3.8, 4) is 0 Å². The van der Waals surface area contributed by atoms with Crippen LogP contribution in [0, 0.1) is 3.57 Å². The summed E-state index contributed by atoms with van der Waals surface area (Å²) < 4.78 is 1.09. The van der Waals surface area contributed by atoms with Gasteiger partial charge >= 0.3 is 0 Å². The Morgan fingerprint density at radius 2 is 1.79 bits per heavy atom. The maximum absolute atomic E-state index is 12.1. The number of carbonyl (C=O) groups is 1. The van der Waals surface area contributed by atoms with E-state index in [1.54, 1.807) is 4.90 Å². The van der Waals surface area contributed by atoms with Gasteiger partial charge in [0.2, 0.25) is 5.91 Å². The van der Waals surface area contributed by atoms with Crippen LogP contribution in [0.3, 0.4) is 0 Å². The molecule has 19 heavy (non-hydrogen) atoms. The minimum absolute atomic E-state index is 0. The molecule has 1 heterocycles. The average molecular weight is 397 g/mol. The van der Waals surface area contributed by atoms with E-state index in [-0.39, 0.29) is 18.3 Å².